The predicted molar refractivity (Wildman–Crippen MR) is 68.7 cm³/mol. The molecule has 5 heteroatoms. The summed E-state index contributed by atoms with van der Waals surface area (Å²) < 4.78 is 10.3. The van der Waals surface area contributed by atoms with Crippen LogP contribution in [0.3, 0.4) is 0 Å². The average Bonchev–Trinajstić information content (AvgIpc) is 2.29. The highest BCUT2D eigenvalue weighted by molar-refractivity contribution is 5.85. The summed E-state index contributed by atoms with van der Waals surface area (Å²) in [7, 11) is 3.18. The van der Waals surface area contributed by atoms with Gasteiger partial charge in [0, 0.05) is 12.5 Å². The van der Waals surface area contributed by atoms with Crippen LogP contribution in [0.15, 0.2) is 18.2 Å². The largest absolute Gasteiger partial charge is 0.497 e. The van der Waals surface area contributed by atoms with Crippen LogP contribution in [-0.2, 0) is 6.42 Å². The molecule has 4 nitrogen and oxygen atoms in total. The maximum atomic E-state index is 8.88. The van der Waals surface area contributed by atoms with Gasteiger partial charge in [0.25, 0.3) is 0 Å². The molecule has 0 aromatic heterocycles. The first-order valence-electron chi connectivity index (χ1n) is 4.93. The molecule has 0 aliphatic rings. The molecular weight excluding hydrogens is 240 g/mol. The highest BCUT2D eigenvalue weighted by Crippen LogP contribution is 2.26. The second-order valence-corrected chi connectivity index (χ2v) is 3.88. The summed E-state index contributed by atoms with van der Waals surface area (Å²) in [6, 6.07) is 7.53. The third-order valence-corrected chi connectivity index (χ3v) is 2.31. The molecule has 0 spiro atoms. The van der Waals surface area contributed by atoms with Gasteiger partial charge in [-0.25, -0.2) is 0 Å². The lowest BCUT2D eigenvalue weighted by Gasteiger charge is -2.17. The number of nitrogens with zero attached hydrogens (tertiary/aromatic N) is 1. The topological polar surface area (TPSA) is 68.3 Å². The van der Waals surface area contributed by atoms with E-state index in [1.54, 1.807) is 27.2 Å². The summed E-state index contributed by atoms with van der Waals surface area (Å²) in [5, 5.41) is 8.88. The van der Waals surface area contributed by atoms with Gasteiger partial charge in [0.15, 0.2) is 0 Å². The van der Waals surface area contributed by atoms with Crippen LogP contribution in [-0.4, -0.2) is 19.8 Å². The molecule has 0 bridgehead atoms. The Labute approximate surface area is 108 Å². The van der Waals surface area contributed by atoms with E-state index >= 15 is 0 Å². The minimum atomic E-state index is -0.887. The van der Waals surface area contributed by atoms with Gasteiger partial charge < -0.3 is 15.2 Å². The number of methoxy groups -OCH3 is 2. The van der Waals surface area contributed by atoms with Crippen LogP contribution >= 0.6 is 12.4 Å². The Hall–Kier alpha value is -1.44. The summed E-state index contributed by atoms with van der Waals surface area (Å²) in [4.78, 5) is 0. The zero-order valence-corrected chi connectivity index (χ0v) is 11.0. The molecule has 1 atom stereocenters. The first kappa shape index (κ1) is 15.6. The van der Waals surface area contributed by atoms with Gasteiger partial charge in [-0.1, -0.05) is 6.07 Å². The lowest BCUT2D eigenvalue weighted by molar-refractivity contribution is 0.388. The standard InChI is InChI=1S/C12H16N2O2.ClH/c1-12(14,8-13)7-9-4-5-10(15-2)6-11(9)16-3;/h4-6H,7,14H2,1-3H3;1H/t12-;/m0./s1. The zero-order chi connectivity index (χ0) is 12.2. The average molecular weight is 257 g/mol. The molecule has 0 saturated heterocycles. The SMILES string of the molecule is COc1ccc(C[C@](C)(N)C#N)c(OC)c1.Cl. The minimum Gasteiger partial charge on any atom is -0.497 e. The van der Waals surface area contributed by atoms with Gasteiger partial charge in [-0.05, 0) is 18.6 Å². The summed E-state index contributed by atoms with van der Waals surface area (Å²) in [5.74, 6) is 1.41. The fraction of sp³-hybridized carbons (Fsp3) is 0.417. The number of hydrogen-bond donors (Lipinski definition) is 1. The number of halogens is 1. The molecule has 0 aliphatic heterocycles. The number of benzene rings is 1. The summed E-state index contributed by atoms with van der Waals surface area (Å²) in [5.41, 5.74) is 5.81. The molecule has 0 saturated carbocycles. The molecule has 1 rings (SSSR count). The Morgan fingerprint density at radius 2 is 2.00 bits per heavy atom. The molecule has 1 aromatic rings. The fourth-order valence-electron chi connectivity index (χ4n) is 1.43. The van der Waals surface area contributed by atoms with Crippen molar-refractivity contribution < 1.29 is 9.47 Å². The van der Waals surface area contributed by atoms with E-state index in [0.717, 1.165) is 11.3 Å². The second-order valence-electron chi connectivity index (χ2n) is 3.88. The van der Waals surface area contributed by atoms with E-state index in [4.69, 9.17) is 20.5 Å². The van der Waals surface area contributed by atoms with Crippen molar-refractivity contribution in [3.05, 3.63) is 23.8 Å². The molecule has 0 heterocycles. The van der Waals surface area contributed by atoms with Crippen molar-refractivity contribution in [1.82, 2.24) is 0 Å². The zero-order valence-electron chi connectivity index (χ0n) is 10.2. The van der Waals surface area contributed by atoms with E-state index in [1.807, 2.05) is 12.1 Å². The van der Waals surface area contributed by atoms with Crippen LogP contribution in [0.2, 0.25) is 0 Å². The molecule has 2 N–H and O–H groups in total. The van der Waals surface area contributed by atoms with Crippen molar-refractivity contribution in [3.63, 3.8) is 0 Å². The molecule has 0 radical (unpaired) electrons. The Bertz CT molecular complexity index is 413. The normalized spacial score (nSPS) is 12.9. The van der Waals surface area contributed by atoms with Gasteiger partial charge in [0.05, 0.1) is 20.3 Å². The lowest BCUT2D eigenvalue weighted by Crippen LogP contribution is -2.36. The van der Waals surface area contributed by atoms with Gasteiger partial charge >= 0.3 is 0 Å². The van der Waals surface area contributed by atoms with Crippen molar-refractivity contribution in [2.24, 2.45) is 5.73 Å². The second kappa shape index (κ2) is 6.33. The molecule has 1 aromatic carbocycles. The van der Waals surface area contributed by atoms with Crippen molar-refractivity contribution in [3.8, 4) is 17.6 Å². The van der Waals surface area contributed by atoms with E-state index in [0.29, 0.717) is 12.2 Å². The Morgan fingerprint density at radius 3 is 2.47 bits per heavy atom. The van der Waals surface area contributed by atoms with E-state index in [9.17, 15) is 0 Å². The number of ether oxygens (including phenoxy) is 2. The molecule has 0 unspecified atom stereocenters. The van der Waals surface area contributed by atoms with Crippen molar-refractivity contribution >= 4 is 12.4 Å². The Kier molecular flexibility index (Phi) is 5.80. The highest BCUT2D eigenvalue weighted by Gasteiger charge is 2.20. The maximum Gasteiger partial charge on any atom is 0.125 e. The number of rotatable bonds is 4. The minimum absolute atomic E-state index is 0. The Morgan fingerprint density at radius 1 is 1.35 bits per heavy atom. The van der Waals surface area contributed by atoms with Gasteiger partial charge in [0.1, 0.15) is 17.0 Å². The monoisotopic (exact) mass is 256 g/mol. The van der Waals surface area contributed by atoms with Crippen LogP contribution in [0.25, 0.3) is 0 Å². The van der Waals surface area contributed by atoms with E-state index in [2.05, 4.69) is 6.07 Å². The third-order valence-electron chi connectivity index (χ3n) is 2.31. The van der Waals surface area contributed by atoms with Gasteiger partial charge in [-0.3, -0.25) is 0 Å². The van der Waals surface area contributed by atoms with Crippen LogP contribution in [0.5, 0.6) is 11.5 Å². The third kappa shape index (κ3) is 4.14. The summed E-state index contributed by atoms with van der Waals surface area (Å²) in [6.07, 6.45) is 0.441. The maximum absolute atomic E-state index is 8.88. The van der Waals surface area contributed by atoms with E-state index in [1.165, 1.54) is 0 Å². The first-order valence-corrected chi connectivity index (χ1v) is 4.93. The van der Waals surface area contributed by atoms with Crippen molar-refractivity contribution in [1.29, 1.82) is 5.26 Å². The van der Waals surface area contributed by atoms with Crippen molar-refractivity contribution in [2.75, 3.05) is 14.2 Å². The Balaban J connectivity index is 0.00000256. The summed E-state index contributed by atoms with van der Waals surface area (Å²) >= 11 is 0. The quantitative estimate of drug-likeness (QED) is 0.894. The molecule has 0 amide bonds. The van der Waals surface area contributed by atoms with Gasteiger partial charge in [0.2, 0.25) is 0 Å². The molecule has 0 fully saturated rings. The van der Waals surface area contributed by atoms with Crippen molar-refractivity contribution in [2.45, 2.75) is 18.9 Å². The first-order chi connectivity index (χ1) is 7.52. The molecule has 17 heavy (non-hydrogen) atoms. The molecular formula is C12H17ClN2O2. The van der Waals surface area contributed by atoms with Crippen LogP contribution < -0.4 is 15.2 Å². The molecule has 94 valence electrons. The van der Waals surface area contributed by atoms with Crippen LogP contribution in [0, 0.1) is 11.3 Å². The fourth-order valence-corrected chi connectivity index (χ4v) is 1.43. The number of nitriles is 1. The summed E-state index contributed by atoms with van der Waals surface area (Å²) in [6.45, 7) is 1.69. The van der Waals surface area contributed by atoms with E-state index < -0.39 is 5.54 Å². The van der Waals surface area contributed by atoms with Gasteiger partial charge in [-0.2, -0.15) is 5.26 Å². The highest BCUT2D eigenvalue weighted by atomic mass is 35.5. The van der Waals surface area contributed by atoms with Crippen LogP contribution in [0.4, 0.5) is 0 Å². The lowest BCUT2D eigenvalue weighted by atomic mass is 9.95. The number of hydrogen-bond acceptors (Lipinski definition) is 4. The van der Waals surface area contributed by atoms with Crippen LogP contribution in [0.1, 0.15) is 12.5 Å². The number of nitrogens with two attached hydrogens (primary N) is 1. The molecule has 0 aliphatic carbocycles. The predicted octanol–water partition coefficient (Wildman–Crippen LogP) is 1.91. The van der Waals surface area contributed by atoms with E-state index in [-0.39, 0.29) is 12.4 Å². The van der Waals surface area contributed by atoms with Gasteiger partial charge in [-0.15, -0.1) is 12.4 Å². The smallest absolute Gasteiger partial charge is 0.125 e.